The zero-order valence-electron chi connectivity index (χ0n) is 11.2. The smallest absolute Gasteiger partial charge is 0.302 e. The van der Waals surface area contributed by atoms with Gasteiger partial charge in [0.05, 0.1) is 6.61 Å². The van der Waals surface area contributed by atoms with E-state index in [2.05, 4.69) is 0 Å². The first-order chi connectivity index (χ1) is 8.63. The Balaban J connectivity index is 3.09. The van der Waals surface area contributed by atoms with Crippen molar-refractivity contribution in [2.75, 3.05) is 6.61 Å². The lowest BCUT2D eigenvalue weighted by atomic mass is 10.1. The number of halogens is 2. The molecule has 0 saturated carbocycles. The first-order valence-electron chi connectivity index (χ1n) is 6.69. The first-order valence-corrected chi connectivity index (χ1v) is 6.69. The topological polar surface area (TPSA) is 26.3 Å². The molecule has 0 radical (unpaired) electrons. The van der Waals surface area contributed by atoms with Crippen LogP contribution in [0.5, 0.6) is 0 Å². The van der Waals surface area contributed by atoms with Gasteiger partial charge in [-0.25, -0.2) is 8.78 Å². The molecule has 2 nitrogen and oxygen atoms in total. The summed E-state index contributed by atoms with van der Waals surface area (Å²) in [5.74, 6) is -0.219. The molecular formula is C14H24F2O2. The lowest BCUT2D eigenvalue weighted by molar-refractivity contribution is -0.141. The van der Waals surface area contributed by atoms with Gasteiger partial charge in [-0.2, -0.15) is 0 Å². The predicted molar refractivity (Wildman–Crippen MR) is 68.7 cm³/mol. The minimum atomic E-state index is -2.19. The number of allylic oxidation sites excluding steroid dienone is 2. The van der Waals surface area contributed by atoms with Crippen molar-refractivity contribution in [1.82, 2.24) is 0 Å². The molecule has 0 aliphatic carbocycles. The van der Waals surface area contributed by atoms with Crippen LogP contribution in [0.25, 0.3) is 0 Å². The maximum Gasteiger partial charge on any atom is 0.302 e. The van der Waals surface area contributed by atoms with Crippen LogP contribution < -0.4 is 0 Å². The highest BCUT2D eigenvalue weighted by Crippen LogP contribution is 2.08. The summed E-state index contributed by atoms with van der Waals surface area (Å²) in [7, 11) is 0. The van der Waals surface area contributed by atoms with E-state index < -0.39 is 6.43 Å². The number of rotatable bonds is 11. The fourth-order valence-electron chi connectivity index (χ4n) is 1.57. The highest BCUT2D eigenvalue weighted by atomic mass is 19.3. The van der Waals surface area contributed by atoms with Crippen LogP contribution in [0, 0.1) is 0 Å². The van der Waals surface area contributed by atoms with Gasteiger partial charge in [-0.3, -0.25) is 4.79 Å². The average Bonchev–Trinajstić information content (AvgIpc) is 2.29. The second kappa shape index (κ2) is 12.5. The molecule has 0 aliphatic heterocycles. The van der Waals surface area contributed by atoms with E-state index in [4.69, 9.17) is 4.74 Å². The number of hydrogen-bond acceptors (Lipinski definition) is 2. The Bertz CT molecular complexity index is 228. The SMILES string of the molecule is CC(=O)OCCCCCCCC=CCCC(F)F. The third-order valence-electron chi connectivity index (χ3n) is 2.54. The van der Waals surface area contributed by atoms with E-state index in [1.807, 2.05) is 12.2 Å². The molecule has 18 heavy (non-hydrogen) atoms. The summed E-state index contributed by atoms with van der Waals surface area (Å²) in [6.45, 7) is 1.93. The zero-order valence-corrected chi connectivity index (χ0v) is 11.2. The minimum absolute atomic E-state index is 0.0351. The molecule has 0 bridgehead atoms. The van der Waals surface area contributed by atoms with Crippen LogP contribution in [0.2, 0.25) is 0 Å². The van der Waals surface area contributed by atoms with Gasteiger partial charge in [0, 0.05) is 13.3 Å². The van der Waals surface area contributed by atoms with Crippen molar-refractivity contribution in [1.29, 1.82) is 0 Å². The fourth-order valence-corrected chi connectivity index (χ4v) is 1.57. The average molecular weight is 262 g/mol. The van der Waals surface area contributed by atoms with Crippen molar-refractivity contribution in [2.24, 2.45) is 0 Å². The second-order valence-corrected chi connectivity index (χ2v) is 4.34. The van der Waals surface area contributed by atoms with Gasteiger partial charge in [0.2, 0.25) is 6.43 Å². The largest absolute Gasteiger partial charge is 0.466 e. The van der Waals surface area contributed by atoms with Crippen LogP contribution in [0.4, 0.5) is 8.78 Å². The molecule has 0 saturated heterocycles. The van der Waals surface area contributed by atoms with Crippen molar-refractivity contribution in [2.45, 2.75) is 64.7 Å². The zero-order chi connectivity index (χ0) is 13.6. The second-order valence-electron chi connectivity index (χ2n) is 4.34. The quantitative estimate of drug-likeness (QED) is 0.311. The number of esters is 1. The van der Waals surface area contributed by atoms with E-state index >= 15 is 0 Å². The van der Waals surface area contributed by atoms with Crippen LogP contribution in [0.1, 0.15) is 58.3 Å². The molecule has 106 valence electrons. The molecule has 0 aromatic rings. The van der Waals surface area contributed by atoms with E-state index in [0.717, 1.165) is 38.5 Å². The monoisotopic (exact) mass is 262 g/mol. The molecule has 0 amide bonds. The number of hydrogen-bond donors (Lipinski definition) is 0. The van der Waals surface area contributed by atoms with Gasteiger partial charge in [-0.15, -0.1) is 0 Å². The van der Waals surface area contributed by atoms with Crippen molar-refractivity contribution in [3.8, 4) is 0 Å². The molecule has 0 unspecified atom stereocenters. The van der Waals surface area contributed by atoms with Crippen LogP contribution in [-0.2, 0) is 9.53 Å². The van der Waals surface area contributed by atoms with Crippen molar-refractivity contribution in [3.63, 3.8) is 0 Å². The summed E-state index contributed by atoms with van der Waals surface area (Å²) in [5.41, 5.74) is 0. The Hall–Kier alpha value is -0.930. The van der Waals surface area contributed by atoms with Gasteiger partial charge >= 0.3 is 5.97 Å². The highest BCUT2D eigenvalue weighted by molar-refractivity contribution is 5.65. The van der Waals surface area contributed by atoms with Gasteiger partial charge in [0.25, 0.3) is 0 Å². The molecule has 0 fully saturated rings. The third-order valence-corrected chi connectivity index (χ3v) is 2.54. The fraction of sp³-hybridized carbons (Fsp3) is 0.786. The Morgan fingerprint density at radius 1 is 1.06 bits per heavy atom. The molecule has 0 spiro atoms. The van der Waals surface area contributed by atoms with Gasteiger partial charge in [0.1, 0.15) is 0 Å². The molecule has 0 aromatic heterocycles. The summed E-state index contributed by atoms with van der Waals surface area (Å²) in [6, 6.07) is 0. The molecule has 0 N–H and O–H groups in total. The number of carbonyl (C=O) groups excluding carboxylic acids is 1. The van der Waals surface area contributed by atoms with Gasteiger partial charge in [-0.05, 0) is 25.7 Å². The van der Waals surface area contributed by atoms with E-state index in [1.165, 1.54) is 6.92 Å². The Labute approximate surface area is 108 Å². The van der Waals surface area contributed by atoms with Crippen molar-refractivity contribution >= 4 is 5.97 Å². The molecule has 0 aromatic carbocycles. The molecule has 0 atom stereocenters. The van der Waals surface area contributed by atoms with Gasteiger partial charge in [-0.1, -0.05) is 31.4 Å². The van der Waals surface area contributed by atoms with Crippen LogP contribution in [0.3, 0.4) is 0 Å². The number of unbranched alkanes of at least 4 members (excludes halogenated alkanes) is 5. The Morgan fingerprint density at radius 2 is 1.67 bits per heavy atom. The number of alkyl halides is 2. The molecule has 0 aliphatic rings. The van der Waals surface area contributed by atoms with Gasteiger partial charge < -0.3 is 4.74 Å². The summed E-state index contributed by atoms with van der Waals surface area (Å²) in [5, 5.41) is 0. The highest BCUT2D eigenvalue weighted by Gasteiger charge is 1.98. The maximum absolute atomic E-state index is 11.8. The van der Waals surface area contributed by atoms with Crippen LogP contribution in [-0.4, -0.2) is 19.0 Å². The summed E-state index contributed by atoms with van der Waals surface area (Å²) < 4.78 is 28.4. The Kier molecular flexibility index (Phi) is 11.9. The number of carbonyl (C=O) groups is 1. The number of ether oxygens (including phenoxy) is 1. The van der Waals surface area contributed by atoms with Crippen molar-refractivity contribution in [3.05, 3.63) is 12.2 Å². The summed E-state index contributed by atoms with van der Waals surface area (Å²) in [4.78, 5) is 10.5. The van der Waals surface area contributed by atoms with E-state index in [9.17, 15) is 13.6 Å². The normalized spacial score (nSPS) is 11.3. The van der Waals surface area contributed by atoms with E-state index in [-0.39, 0.29) is 12.4 Å². The standard InChI is InChI=1S/C14H24F2O2/c1-13(17)18-12-10-8-6-4-2-3-5-7-9-11-14(15)16/h5,7,14H,2-4,6,8-12H2,1H3. The van der Waals surface area contributed by atoms with Gasteiger partial charge in [0.15, 0.2) is 0 Å². The maximum atomic E-state index is 11.8. The summed E-state index contributed by atoms with van der Waals surface area (Å²) in [6.07, 6.45) is 8.40. The third kappa shape index (κ3) is 15.1. The van der Waals surface area contributed by atoms with Crippen LogP contribution >= 0.6 is 0 Å². The van der Waals surface area contributed by atoms with Crippen molar-refractivity contribution < 1.29 is 18.3 Å². The Morgan fingerprint density at radius 3 is 2.33 bits per heavy atom. The van der Waals surface area contributed by atoms with E-state index in [1.54, 1.807) is 0 Å². The molecule has 0 heterocycles. The first kappa shape index (κ1) is 17.1. The lowest BCUT2D eigenvalue weighted by Gasteiger charge is -2.01. The predicted octanol–water partition coefficient (Wildman–Crippen LogP) is 4.49. The lowest BCUT2D eigenvalue weighted by Crippen LogP contribution is -1.99. The molecule has 4 heteroatoms. The molecule has 0 rings (SSSR count). The van der Waals surface area contributed by atoms with Crippen LogP contribution in [0.15, 0.2) is 12.2 Å². The molecular weight excluding hydrogens is 238 g/mol. The van der Waals surface area contributed by atoms with E-state index in [0.29, 0.717) is 13.0 Å². The summed E-state index contributed by atoms with van der Waals surface area (Å²) >= 11 is 0. The minimum Gasteiger partial charge on any atom is -0.466 e.